The molecule has 0 unspecified atom stereocenters. The first-order valence-corrected chi connectivity index (χ1v) is 6.46. The van der Waals surface area contributed by atoms with Gasteiger partial charge in [0, 0.05) is 5.41 Å². The normalized spacial score (nSPS) is 17.1. The number of hydrogen-bond donors (Lipinski definition) is 1. The molecule has 0 aliphatic carbocycles. The summed E-state index contributed by atoms with van der Waals surface area (Å²) in [5.41, 5.74) is -0.325. The summed E-state index contributed by atoms with van der Waals surface area (Å²) in [6, 6.07) is 0. The highest BCUT2D eigenvalue weighted by Gasteiger charge is 2.19. The number of likely N-dealkylation sites (tertiary alicyclic amines) is 1. The Labute approximate surface area is 105 Å². The predicted molar refractivity (Wildman–Crippen MR) is 70.5 cm³/mol. The fourth-order valence-electron chi connectivity index (χ4n) is 1.74. The number of nitrogens with one attached hydrogen (secondary N) is 1. The van der Waals surface area contributed by atoms with Crippen molar-refractivity contribution in [3.63, 3.8) is 0 Å². The van der Waals surface area contributed by atoms with Crippen LogP contribution in [0.3, 0.4) is 0 Å². The molecule has 1 saturated heterocycles. The summed E-state index contributed by atoms with van der Waals surface area (Å²) in [6.07, 6.45) is 3.94. The average molecular weight is 236 g/mol. The molecule has 0 aromatic carbocycles. The zero-order valence-corrected chi connectivity index (χ0v) is 11.3. The predicted octanol–water partition coefficient (Wildman–Crippen LogP) is 1.64. The van der Waals surface area contributed by atoms with Crippen LogP contribution in [-0.4, -0.2) is 37.0 Å². The first-order valence-electron chi connectivity index (χ1n) is 6.46. The Morgan fingerprint density at radius 2 is 1.82 bits per heavy atom. The van der Waals surface area contributed by atoms with E-state index in [1.54, 1.807) is 0 Å². The highest BCUT2D eigenvalue weighted by atomic mass is 16.2. The van der Waals surface area contributed by atoms with Crippen LogP contribution in [0, 0.1) is 17.3 Å². The maximum Gasteiger partial charge on any atom is 0.226 e. The molecule has 96 valence electrons. The first kappa shape index (κ1) is 14.1. The van der Waals surface area contributed by atoms with Crippen LogP contribution in [0.25, 0.3) is 0 Å². The second-order valence-electron chi connectivity index (χ2n) is 5.62. The first-order chi connectivity index (χ1) is 8.00. The van der Waals surface area contributed by atoms with Crippen molar-refractivity contribution in [2.24, 2.45) is 5.41 Å². The number of carbonyl (C=O) groups is 1. The van der Waals surface area contributed by atoms with Gasteiger partial charge in [0.2, 0.25) is 5.91 Å². The van der Waals surface area contributed by atoms with Crippen molar-refractivity contribution in [1.82, 2.24) is 10.2 Å². The number of piperidine rings is 1. The van der Waals surface area contributed by atoms with Gasteiger partial charge in [-0.05, 0) is 25.9 Å². The Morgan fingerprint density at radius 3 is 2.41 bits per heavy atom. The number of nitrogens with zero attached hydrogens (tertiary/aromatic N) is 1. The van der Waals surface area contributed by atoms with E-state index in [1.807, 2.05) is 20.8 Å². The Bertz CT molecular complexity index is 300. The third-order valence-electron chi connectivity index (χ3n) is 2.89. The summed E-state index contributed by atoms with van der Waals surface area (Å²) >= 11 is 0. The molecule has 0 bridgehead atoms. The SMILES string of the molecule is CC(C)(C)C(=O)NCC#CCN1CCCCC1. The van der Waals surface area contributed by atoms with E-state index < -0.39 is 0 Å². The summed E-state index contributed by atoms with van der Waals surface area (Å²) in [4.78, 5) is 13.9. The van der Waals surface area contributed by atoms with Gasteiger partial charge in [0.25, 0.3) is 0 Å². The van der Waals surface area contributed by atoms with E-state index in [0.717, 1.165) is 6.54 Å². The summed E-state index contributed by atoms with van der Waals surface area (Å²) in [5, 5.41) is 2.83. The highest BCUT2D eigenvalue weighted by molar-refractivity contribution is 5.81. The number of carbonyl (C=O) groups excluding carboxylic acids is 1. The van der Waals surface area contributed by atoms with Gasteiger partial charge in [-0.25, -0.2) is 0 Å². The molecular formula is C14H24N2O. The quantitative estimate of drug-likeness (QED) is 0.739. The van der Waals surface area contributed by atoms with Crippen molar-refractivity contribution in [2.75, 3.05) is 26.2 Å². The molecule has 0 spiro atoms. The lowest BCUT2D eigenvalue weighted by molar-refractivity contribution is -0.128. The molecule has 3 nitrogen and oxygen atoms in total. The Kier molecular flexibility index (Phi) is 5.50. The number of amides is 1. The van der Waals surface area contributed by atoms with E-state index in [0.29, 0.717) is 6.54 Å². The molecular weight excluding hydrogens is 212 g/mol. The van der Waals surface area contributed by atoms with Gasteiger partial charge in [-0.3, -0.25) is 9.69 Å². The van der Waals surface area contributed by atoms with Gasteiger partial charge in [-0.15, -0.1) is 0 Å². The minimum atomic E-state index is -0.325. The van der Waals surface area contributed by atoms with Crippen molar-refractivity contribution < 1.29 is 4.79 Å². The molecule has 1 heterocycles. The van der Waals surface area contributed by atoms with Gasteiger partial charge >= 0.3 is 0 Å². The zero-order chi connectivity index (χ0) is 12.7. The van der Waals surface area contributed by atoms with E-state index in [-0.39, 0.29) is 11.3 Å². The molecule has 0 atom stereocenters. The van der Waals surface area contributed by atoms with Crippen LogP contribution in [0.2, 0.25) is 0 Å². The van der Waals surface area contributed by atoms with Crippen molar-refractivity contribution in [2.45, 2.75) is 40.0 Å². The number of rotatable bonds is 2. The summed E-state index contributed by atoms with van der Waals surface area (Å²) in [5.74, 6) is 6.20. The monoisotopic (exact) mass is 236 g/mol. The van der Waals surface area contributed by atoms with Crippen LogP contribution in [0.5, 0.6) is 0 Å². The van der Waals surface area contributed by atoms with E-state index in [9.17, 15) is 4.79 Å². The van der Waals surface area contributed by atoms with E-state index in [2.05, 4.69) is 22.1 Å². The van der Waals surface area contributed by atoms with Crippen LogP contribution in [0.15, 0.2) is 0 Å². The van der Waals surface area contributed by atoms with Crippen LogP contribution < -0.4 is 5.32 Å². The molecule has 0 aromatic rings. The lowest BCUT2D eigenvalue weighted by Gasteiger charge is -2.23. The van der Waals surface area contributed by atoms with Crippen molar-refractivity contribution in [3.05, 3.63) is 0 Å². The minimum absolute atomic E-state index is 0.0600. The highest BCUT2D eigenvalue weighted by Crippen LogP contribution is 2.11. The van der Waals surface area contributed by atoms with Gasteiger partial charge in [0.05, 0.1) is 13.1 Å². The van der Waals surface area contributed by atoms with Crippen LogP contribution in [0.1, 0.15) is 40.0 Å². The lowest BCUT2D eigenvalue weighted by atomic mass is 9.96. The Morgan fingerprint density at radius 1 is 1.18 bits per heavy atom. The van der Waals surface area contributed by atoms with E-state index in [1.165, 1.54) is 32.4 Å². The second kappa shape index (κ2) is 6.66. The largest absolute Gasteiger partial charge is 0.345 e. The Balaban J connectivity index is 2.16. The summed E-state index contributed by atoms with van der Waals surface area (Å²) in [6.45, 7) is 9.36. The second-order valence-corrected chi connectivity index (χ2v) is 5.62. The molecule has 1 aliphatic heterocycles. The molecule has 0 radical (unpaired) electrons. The van der Waals surface area contributed by atoms with E-state index in [4.69, 9.17) is 0 Å². The van der Waals surface area contributed by atoms with Crippen molar-refractivity contribution in [3.8, 4) is 11.8 Å². The summed E-state index contributed by atoms with van der Waals surface area (Å²) < 4.78 is 0. The zero-order valence-electron chi connectivity index (χ0n) is 11.3. The molecule has 3 heteroatoms. The smallest absolute Gasteiger partial charge is 0.226 e. The van der Waals surface area contributed by atoms with E-state index >= 15 is 0 Å². The van der Waals surface area contributed by atoms with Gasteiger partial charge < -0.3 is 5.32 Å². The van der Waals surface area contributed by atoms with Gasteiger partial charge in [0.15, 0.2) is 0 Å². The van der Waals surface area contributed by atoms with Gasteiger partial charge in [-0.1, -0.05) is 39.0 Å². The van der Waals surface area contributed by atoms with Crippen molar-refractivity contribution >= 4 is 5.91 Å². The average Bonchev–Trinajstić information content (AvgIpc) is 2.28. The standard InChI is InChI=1S/C14H24N2O/c1-14(2,3)13(17)15-9-5-8-12-16-10-6-4-7-11-16/h4,6-7,9-12H2,1-3H3,(H,15,17). The molecule has 0 aromatic heterocycles. The summed E-state index contributed by atoms with van der Waals surface area (Å²) in [7, 11) is 0. The molecule has 1 amide bonds. The van der Waals surface area contributed by atoms with Gasteiger partial charge in [0.1, 0.15) is 0 Å². The maximum absolute atomic E-state index is 11.5. The lowest BCUT2D eigenvalue weighted by Crippen LogP contribution is -2.35. The Hall–Kier alpha value is -1.01. The van der Waals surface area contributed by atoms with Crippen LogP contribution in [0.4, 0.5) is 0 Å². The third kappa shape index (κ3) is 5.74. The molecule has 1 rings (SSSR count). The fraction of sp³-hybridized carbons (Fsp3) is 0.786. The molecule has 1 aliphatic rings. The third-order valence-corrected chi connectivity index (χ3v) is 2.89. The molecule has 17 heavy (non-hydrogen) atoms. The van der Waals surface area contributed by atoms with Crippen molar-refractivity contribution in [1.29, 1.82) is 0 Å². The fourth-order valence-corrected chi connectivity index (χ4v) is 1.74. The number of hydrogen-bond acceptors (Lipinski definition) is 2. The molecule has 1 fully saturated rings. The van der Waals surface area contributed by atoms with Crippen LogP contribution >= 0.6 is 0 Å². The van der Waals surface area contributed by atoms with Gasteiger partial charge in [-0.2, -0.15) is 0 Å². The minimum Gasteiger partial charge on any atom is -0.345 e. The molecule has 0 saturated carbocycles. The topological polar surface area (TPSA) is 32.3 Å². The molecule has 1 N–H and O–H groups in total. The maximum atomic E-state index is 11.5. The van der Waals surface area contributed by atoms with Crippen LogP contribution in [-0.2, 0) is 4.79 Å².